The Morgan fingerprint density at radius 1 is 1.24 bits per heavy atom. The molecule has 0 aromatic heterocycles. The lowest BCUT2D eigenvalue weighted by Crippen LogP contribution is -2.42. The molecule has 0 radical (unpaired) electrons. The SMILES string of the molecule is CC(C)(C)OC(=O)N1CCC(COc2c(F)cccc2NC2=CC(=O)N(CCO)C2=O)CC1. The van der Waals surface area contributed by atoms with Crippen molar-refractivity contribution in [1.29, 1.82) is 0 Å². The highest BCUT2D eigenvalue weighted by Crippen LogP contribution is 2.31. The zero-order valence-electron chi connectivity index (χ0n) is 19.1. The van der Waals surface area contributed by atoms with E-state index in [1.165, 1.54) is 12.1 Å². The van der Waals surface area contributed by atoms with Gasteiger partial charge in [0.25, 0.3) is 11.8 Å². The van der Waals surface area contributed by atoms with E-state index in [4.69, 9.17) is 14.6 Å². The molecule has 2 heterocycles. The number of nitrogens with one attached hydrogen (secondary N) is 1. The number of hydrogen-bond acceptors (Lipinski definition) is 7. The van der Waals surface area contributed by atoms with Crippen molar-refractivity contribution in [3.63, 3.8) is 0 Å². The standard InChI is InChI=1S/C23H30FN3O6/c1-23(2,3)33-22(31)26-9-7-15(8-10-26)14-32-20-16(24)5-4-6-17(20)25-18-13-19(29)27(11-12-28)21(18)30/h4-6,13,15,25,28H,7-12,14H2,1-3H3. The summed E-state index contributed by atoms with van der Waals surface area (Å²) in [7, 11) is 0. The largest absolute Gasteiger partial charge is 0.488 e. The summed E-state index contributed by atoms with van der Waals surface area (Å²) in [5.41, 5.74) is -0.352. The summed E-state index contributed by atoms with van der Waals surface area (Å²) in [5.74, 6) is -1.68. The van der Waals surface area contributed by atoms with Gasteiger partial charge in [-0.15, -0.1) is 0 Å². The summed E-state index contributed by atoms with van der Waals surface area (Å²) in [6, 6.07) is 4.27. The number of nitrogens with zero attached hydrogens (tertiary/aromatic N) is 2. The topological polar surface area (TPSA) is 108 Å². The molecular weight excluding hydrogens is 433 g/mol. The van der Waals surface area contributed by atoms with Crippen molar-refractivity contribution in [2.75, 3.05) is 38.2 Å². The Morgan fingerprint density at radius 3 is 2.58 bits per heavy atom. The van der Waals surface area contributed by atoms with E-state index >= 15 is 0 Å². The van der Waals surface area contributed by atoms with Crippen LogP contribution in [0.3, 0.4) is 0 Å². The Hall–Kier alpha value is -3.14. The summed E-state index contributed by atoms with van der Waals surface area (Å²) in [4.78, 5) is 39.1. The molecule has 2 aliphatic heterocycles. The molecule has 3 rings (SSSR count). The molecule has 2 aliphatic rings. The van der Waals surface area contributed by atoms with Gasteiger partial charge in [-0.3, -0.25) is 14.5 Å². The van der Waals surface area contributed by atoms with Gasteiger partial charge in [-0.25, -0.2) is 9.18 Å². The van der Waals surface area contributed by atoms with Gasteiger partial charge in [-0.1, -0.05) is 6.07 Å². The zero-order chi connectivity index (χ0) is 24.2. The van der Waals surface area contributed by atoms with E-state index in [1.54, 1.807) is 11.0 Å². The van der Waals surface area contributed by atoms with Crippen LogP contribution in [0.15, 0.2) is 30.0 Å². The molecule has 0 saturated carbocycles. The number of aliphatic hydroxyl groups is 1. The lowest BCUT2D eigenvalue weighted by atomic mass is 9.98. The van der Waals surface area contributed by atoms with Crippen molar-refractivity contribution < 1.29 is 33.4 Å². The van der Waals surface area contributed by atoms with Crippen LogP contribution in [0.25, 0.3) is 0 Å². The van der Waals surface area contributed by atoms with Crippen LogP contribution in [0.2, 0.25) is 0 Å². The van der Waals surface area contributed by atoms with Crippen LogP contribution in [0.1, 0.15) is 33.6 Å². The van der Waals surface area contributed by atoms with E-state index in [1.807, 2.05) is 20.8 Å². The number of hydrogen-bond donors (Lipinski definition) is 2. The third kappa shape index (κ3) is 6.22. The highest BCUT2D eigenvalue weighted by Gasteiger charge is 2.32. The maximum absolute atomic E-state index is 14.5. The molecule has 0 bridgehead atoms. The molecule has 1 saturated heterocycles. The number of imide groups is 1. The number of halogens is 1. The van der Waals surface area contributed by atoms with Gasteiger partial charge in [0.1, 0.15) is 11.3 Å². The molecule has 10 heteroatoms. The molecule has 1 fully saturated rings. The number of amides is 3. The number of ether oxygens (including phenoxy) is 2. The number of β-amino-alcohol motifs (C(OH)–C–C–N with tert-alkyl or cyclic N) is 1. The van der Waals surface area contributed by atoms with E-state index < -0.39 is 23.2 Å². The summed E-state index contributed by atoms with van der Waals surface area (Å²) in [6.45, 7) is 6.28. The summed E-state index contributed by atoms with van der Waals surface area (Å²) < 4.78 is 25.7. The van der Waals surface area contributed by atoms with E-state index in [9.17, 15) is 18.8 Å². The van der Waals surface area contributed by atoms with Gasteiger partial charge in [0.15, 0.2) is 11.6 Å². The van der Waals surface area contributed by atoms with Gasteiger partial charge in [0, 0.05) is 19.2 Å². The Balaban J connectivity index is 1.59. The minimum absolute atomic E-state index is 0.0189. The number of aliphatic hydroxyl groups excluding tert-OH is 1. The number of likely N-dealkylation sites (tertiary alicyclic amines) is 1. The Bertz CT molecular complexity index is 935. The van der Waals surface area contributed by atoms with Crippen molar-refractivity contribution in [2.24, 2.45) is 5.92 Å². The molecule has 2 N–H and O–H groups in total. The Morgan fingerprint density at radius 2 is 1.94 bits per heavy atom. The average molecular weight is 464 g/mol. The fraction of sp³-hybridized carbons (Fsp3) is 0.522. The molecule has 1 aromatic carbocycles. The maximum atomic E-state index is 14.5. The highest BCUT2D eigenvalue weighted by atomic mass is 19.1. The first-order chi connectivity index (χ1) is 15.6. The minimum Gasteiger partial charge on any atom is -0.488 e. The number of benzene rings is 1. The summed E-state index contributed by atoms with van der Waals surface area (Å²) in [5, 5.41) is 11.8. The van der Waals surface area contributed by atoms with Gasteiger partial charge >= 0.3 is 6.09 Å². The molecule has 3 amide bonds. The normalized spacial score (nSPS) is 17.3. The number of rotatable bonds is 7. The fourth-order valence-corrected chi connectivity index (χ4v) is 3.62. The van der Waals surface area contributed by atoms with Gasteiger partial charge < -0.3 is 24.8 Å². The fourth-order valence-electron chi connectivity index (χ4n) is 3.62. The quantitative estimate of drug-likeness (QED) is 0.598. The van der Waals surface area contributed by atoms with Crippen molar-refractivity contribution in [3.8, 4) is 5.75 Å². The Labute approximate surface area is 192 Å². The van der Waals surface area contributed by atoms with Crippen LogP contribution < -0.4 is 10.1 Å². The van der Waals surface area contributed by atoms with E-state index in [0.29, 0.717) is 25.9 Å². The monoisotopic (exact) mass is 463 g/mol. The van der Waals surface area contributed by atoms with Gasteiger partial charge in [0.05, 0.1) is 25.4 Å². The number of para-hydroxylation sites is 1. The highest BCUT2D eigenvalue weighted by molar-refractivity contribution is 6.17. The third-order valence-electron chi connectivity index (χ3n) is 5.30. The van der Waals surface area contributed by atoms with Crippen molar-refractivity contribution in [1.82, 2.24) is 9.80 Å². The van der Waals surface area contributed by atoms with Gasteiger partial charge in [0.2, 0.25) is 0 Å². The predicted octanol–water partition coefficient (Wildman–Crippen LogP) is 2.51. The van der Waals surface area contributed by atoms with Crippen LogP contribution in [-0.2, 0) is 14.3 Å². The number of carbonyl (C=O) groups excluding carboxylic acids is 3. The molecular formula is C23H30FN3O6. The zero-order valence-corrected chi connectivity index (χ0v) is 19.1. The van der Waals surface area contributed by atoms with Gasteiger partial charge in [-0.2, -0.15) is 0 Å². The van der Waals surface area contributed by atoms with Crippen LogP contribution in [0, 0.1) is 11.7 Å². The third-order valence-corrected chi connectivity index (χ3v) is 5.30. The number of carbonyl (C=O) groups is 3. The van der Waals surface area contributed by atoms with E-state index in [2.05, 4.69) is 5.32 Å². The van der Waals surface area contributed by atoms with Crippen molar-refractivity contribution in [3.05, 3.63) is 35.8 Å². The first-order valence-corrected chi connectivity index (χ1v) is 10.9. The van der Waals surface area contributed by atoms with Gasteiger partial charge in [-0.05, 0) is 51.7 Å². The second kappa shape index (κ2) is 10.2. The van der Waals surface area contributed by atoms with Crippen molar-refractivity contribution >= 4 is 23.6 Å². The van der Waals surface area contributed by atoms with Crippen LogP contribution in [0.5, 0.6) is 5.75 Å². The summed E-state index contributed by atoms with van der Waals surface area (Å²) in [6.07, 6.45) is 2.14. The molecule has 0 atom stereocenters. The molecule has 1 aromatic rings. The lowest BCUT2D eigenvalue weighted by Gasteiger charge is -2.33. The molecule has 0 unspecified atom stereocenters. The Kier molecular flexibility index (Phi) is 7.57. The number of piperidine rings is 1. The van der Waals surface area contributed by atoms with Crippen LogP contribution in [0.4, 0.5) is 14.9 Å². The van der Waals surface area contributed by atoms with Crippen molar-refractivity contribution in [2.45, 2.75) is 39.2 Å². The smallest absolute Gasteiger partial charge is 0.410 e. The molecule has 0 aliphatic carbocycles. The van der Waals surface area contributed by atoms with Crippen LogP contribution >= 0.6 is 0 Å². The molecule has 180 valence electrons. The maximum Gasteiger partial charge on any atom is 0.410 e. The first-order valence-electron chi connectivity index (χ1n) is 10.9. The summed E-state index contributed by atoms with van der Waals surface area (Å²) >= 11 is 0. The average Bonchev–Trinajstić information content (AvgIpc) is 3.00. The molecule has 33 heavy (non-hydrogen) atoms. The predicted molar refractivity (Wildman–Crippen MR) is 118 cm³/mol. The number of anilines is 1. The first kappa shape index (κ1) is 24.5. The second-order valence-corrected chi connectivity index (χ2v) is 9.04. The minimum atomic E-state index is -0.601. The van der Waals surface area contributed by atoms with E-state index in [0.717, 1.165) is 11.0 Å². The lowest BCUT2D eigenvalue weighted by molar-refractivity contribution is -0.137. The molecule has 0 spiro atoms. The van der Waals surface area contributed by atoms with E-state index in [-0.39, 0.29) is 48.9 Å². The second-order valence-electron chi connectivity index (χ2n) is 9.04. The van der Waals surface area contributed by atoms with Crippen LogP contribution in [-0.4, -0.2) is 71.3 Å². The molecule has 9 nitrogen and oxygen atoms in total.